The molecular formula is C25H40O5. The van der Waals surface area contributed by atoms with Gasteiger partial charge in [0.1, 0.15) is 5.75 Å². The first-order chi connectivity index (χ1) is 14.6. The lowest BCUT2D eigenvalue weighted by atomic mass is 9.91. The van der Waals surface area contributed by atoms with Gasteiger partial charge >= 0.3 is 0 Å². The largest absolute Gasteiger partial charge is 0.497 e. The highest BCUT2D eigenvalue weighted by molar-refractivity contribution is 5.26. The van der Waals surface area contributed by atoms with Crippen LogP contribution in [0.2, 0.25) is 0 Å². The van der Waals surface area contributed by atoms with Gasteiger partial charge < -0.3 is 24.1 Å². The Labute approximate surface area is 182 Å². The van der Waals surface area contributed by atoms with E-state index in [1.807, 2.05) is 31.2 Å². The lowest BCUT2D eigenvalue weighted by Crippen LogP contribution is -2.41. The molecule has 1 saturated heterocycles. The smallest absolute Gasteiger partial charge is 0.157 e. The minimum atomic E-state index is -0.538. The molecule has 0 aliphatic carbocycles. The van der Waals surface area contributed by atoms with E-state index in [4.69, 9.17) is 18.9 Å². The molecule has 0 aromatic heterocycles. The van der Waals surface area contributed by atoms with E-state index >= 15 is 0 Å². The number of rotatable bonds is 14. The summed E-state index contributed by atoms with van der Waals surface area (Å²) in [7, 11) is 1.66. The fourth-order valence-electron chi connectivity index (χ4n) is 3.50. The molecule has 0 amide bonds. The Kier molecular flexibility index (Phi) is 11.4. The Morgan fingerprint density at radius 1 is 1.20 bits per heavy atom. The van der Waals surface area contributed by atoms with Crippen LogP contribution in [-0.2, 0) is 20.8 Å². The molecule has 5 heteroatoms. The normalized spacial score (nSPS) is 20.2. The first-order valence-corrected chi connectivity index (χ1v) is 11.4. The van der Waals surface area contributed by atoms with Gasteiger partial charge in [0.25, 0.3) is 0 Å². The Morgan fingerprint density at radius 3 is 2.67 bits per heavy atom. The predicted molar refractivity (Wildman–Crippen MR) is 120 cm³/mol. The van der Waals surface area contributed by atoms with Crippen LogP contribution in [0.3, 0.4) is 0 Å². The van der Waals surface area contributed by atoms with E-state index in [-0.39, 0.29) is 6.29 Å². The quantitative estimate of drug-likeness (QED) is 0.322. The monoisotopic (exact) mass is 420 g/mol. The zero-order chi connectivity index (χ0) is 21.7. The van der Waals surface area contributed by atoms with Crippen LogP contribution in [0.15, 0.2) is 36.4 Å². The summed E-state index contributed by atoms with van der Waals surface area (Å²) in [5.41, 5.74) is 0.539. The van der Waals surface area contributed by atoms with E-state index in [9.17, 15) is 5.11 Å². The summed E-state index contributed by atoms with van der Waals surface area (Å²) in [6, 6.07) is 7.85. The lowest BCUT2D eigenvalue weighted by Gasteiger charge is -2.34. The number of allylic oxidation sites excluding steroid dienone is 1. The maximum Gasteiger partial charge on any atom is 0.157 e. The number of aliphatic hydroxyl groups excluding tert-OH is 1. The van der Waals surface area contributed by atoms with Crippen LogP contribution < -0.4 is 4.74 Å². The molecular weight excluding hydrogens is 380 g/mol. The molecule has 170 valence electrons. The van der Waals surface area contributed by atoms with Crippen molar-refractivity contribution in [3.63, 3.8) is 0 Å². The highest BCUT2D eigenvalue weighted by Crippen LogP contribution is 2.26. The van der Waals surface area contributed by atoms with Crippen molar-refractivity contribution >= 4 is 0 Å². The number of methoxy groups -OCH3 is 1. The standard InChI is InChI=1S/C25H40O5/c1-4-25(2,30-20-21-14-16-22(27-3)17-15-21)23(26)12-8-6-5-7-10-18-28-24-13-9-11-19-29-24/h7,10,14-17,23-24,26H,4-6,8-9,11-13,18-20H2,1-3H3/b10-7+/t23?,24?,25-/m1/s1. The maximum atomic E-state index is 10.7. The molecule has 1 aliphatic heterocycles. The van der Waals surface area contributed by atoms with Crippen molar-refractivity contribution in [1.29, 1.82) is 0 Å². The van der Waals surface area contributed by atoms with Crippen LogP contribution in [-0.4, -0.2) is 43.4 Å². The molecule has 1 aliphatic rings. The molecule has 1 aromatic rings. The molecule has 0 spiro atoms. The average molecular weight is 421 g/mol. The Morgan fingerprint density at radius 2 is 2.00 bits per heavy atom. The zero-order valence-corrected chi connectivity index (χ0v) is 19.0. The topological polar surface area (TPSA) is 57.2 Å². The molecule has 1 aromatic carbocycles. The summed E-state index contributed by atoms with van der Waals surface area (Å²) in [5, 5.41) is 10.7. The van der Waals surface area contributed by atoms with Crippen LogP contribution in [0.4, 0.5) is 0 Å². The van der Waals surface area contributed by atoms with Gasteiger partial charge in [-0.1, -0.05) is 37.6 Å². The number of hydrogen-bond acceptors (Lipinski definition) is 5. The van der Waals surface area contributed by atoms with Crippen LogP contribution in [0.25, 0.3) is 0 Å². The molecule has 0 saturated carbocycles. The zero-order valence-electron chi connectivity index (χ0n) is 19.0. The second-order valence-electron chi connectivity index (χ2n) is 8.20. The molecule has 3 atom stereocenters. The summed E-state index contributed by atoms with van der Waals surface area (Å²) in [6.07, 6.45) is 11.6. The molecule has 5 nitrogen and oxygen atoms in total. The third-order valence-electron chi connectivity index (χ3n) is 5.92. The second kappa shape index (κ2) is 13.8. The second-order valence-corrected chi connectivity index (χ2v) is 8.20. The maximum absolute atomic E-state index is 10.7. The van der Waals surface area contributed by atoms with Crippen LogP contribution >= 0.6 is 0 Å². The Balaban J connectivity index is 1.60. The van der Waals surface area contributed by atoms with Crippen molar-refractivity contribution < 1.29 is 24.1 Å². The first-order valence-electron chi connectivity index (χ1n) is 11.4. The number of ether oxygens (including phenoxy) is 4. The molecule has 1 heterocycles. The van der Waals surface area contributed by atoms with Crippen molar-refractivity contribution in [2.45, 2.75) is 89.8 Å². The summed E-state index contributed by atoms with van der Waals surface area (Å²) in [6.45, 7) is 5.98. The molecule has 1 fully saturated rings. The molecule has 30 heavy (non-hydrogen) atoms. The SMILES string of the molecule is CC[C@@](C)(OCc1ccc(OC)cc1)C(O)CCCC/C=C/COC1CCCCO1. The van der Waals surface area contributed by atoms with Crippen molar-refractivity contribution in [2.24, 2.45) is 0 Å². The van der Waals surface area contributed by atoms with Gasteiger partial charge in [0.05, 0.1) is 32.0 Å². The lowest BCUT2D eigenvalue weighted by molar-refractivity contribution is -0.155. The van der Waals surface area contributed by atoms with Gasteiger partial charge in [-0.2, -0.15) is 0 Å². The fraction of sp³-hybridized carbons (Fsp3) is 0.680. The minimum Gasteiger partial charge on any atom is -0.497 e. The van der Waals surface area contributed by atoms with E-state index in [0.717, 1.165) is 62.9 Å². The summed E-state index contributed by atoms with van der Waals surface area (Å²) < 4.78 is 22.6. The summed E-state index contributed by atoms with van der Waals surface area (Å²) >= 11 is 0. The molecule has 2 rings (SSSR count). The fourth-order valence-corrected chi connectivity index (χ4v) is 3.50. The van der Waals surface area contributed by atoms with Gasteiger partial charge in [0.2, 0.25) is 0 Å². The van der Waals surface area contributed by atoms with Gasteiger partial charge in [-0.3, -0.25) is 0 Å². The first kappa shape index (κ1) is 24.9. The summed E-state index contributed by atoms with van der Waals surface area (Å²) in [5.74, 6) is 0.833. The molecule has 1 N–H and O–H groups in total. The van der Waals surface area contributed by atoms with Crippen molar-refractivity contribution in [3.05, 3.63) is 42.0 Å². The predicted octanol–water partition coefficient (Wildman–Crippen LogP) is 5.40. The van der Waals surface area contributed by atoms with Crippen LogP contribution in [0, 0.1) is 0 Å². The van der Waals surface area contributed by atoms with Gasteiger partial charge in [-0.25, -0.2) is 0 Å². The average Bonchev–Trinajstić information content (AvgIpc) is 2.80. The van der Waals surface area contributed by atoms with E-state index in [2.05, 4.69) is 19.1 Å². The van der Waals surface area contributed by atoms with E-state index in [1.54, 1.807) is 7.11 Å². The third-order valence-corrected chi connectivity index (χ3v) is 5.92. The van der Waals surface area contributed by atoms with E-state index in [1.165, 1.54) is 6.42 Å². The van der Waals surface area contributed by atoms with Crippen molar-refractivity contribution in [2.75, 3.05) is 20.3 Å². The number of benzene rings is 1. The third kappa shape index (κ3) is 8.76. The number of unbranched alkanes of at least 4 members (excludes halogenated alkanes) is 2. The molecule has 2 unspecified atom stereocenters. The number of aliphatic hydroxyl groups is 1. The van der Waals surface area contributed by atoms with Gasteiger partial charge in [0.15, 0.2) is 6.29 Å². The summed E-state index contributed by atoms with van der Waals surface area (Å²) in [4.78, 5) is 0. The van der Waals surface area contributed by atoms with Crippen molar-refractivity contribution in [1.82, 2.24) is 0 Å². The van der Waals surface area contributed by atoms with Gasteiger partial charge in [-0.15, -0.1) is 0 Å². The Bertz CT molecular complexity index is 594. The number of hydrogen-bond donors (Lipinski definition) is 1. The molecule has 0 radical (unpaired) electrons. The van der Waals surface area contributed by atoms with E-state index in [0.29, 0.717) is 13.2 Å². The van der Waals surface area contributed by atoms with E-state index < -0.39 is 11.7 Å². The highest BCUT2D eigenvalue weighted by Gasteiger charge is 2.31. The van der Waals surface area contributed by atoms with Crippen LogP contribution in [0.1, 0.15) is 70.8 Å². The van der Waals surface area contributed by atoms with Gasteiger partial charge in [0, 0.05) is 6.61 Å². The van der Waals surface area contributed by atoms with Crippen molar-refractivity contribution in [3.8, 4) is 5.75 Å². The molecule has 0 bridgehead atoms. The minimum absolute atomic E-state index is 0.0248. The highest BCUT2D eigenvalue weighted by atomic mass is 16.7. The Hall–Kier alpha value is -1.40. The van der Waals surface area contributed by atoms with Gasteiger partial charge in [-0.05, 0) is 69.6 Å². The van der Waals surface area contributed by atoms with Crippen LogP contribution in [0.5, 0.6) is 5.75 Å².